The molecule has 5 nitrogen and oxygen atoms in total. The zero-order valence-electron chi connectivity index (χ0n) is 8.20. The minimum atomic E-state index is -3.91. The fourth-order valence-electron chi connectivity index (χ4n) is 1.64. The lowest BCUT2D eigenvalue weighted by molar-refractivity contribution is -0.0470. The van der Waals surface area contributed by atoms with E-state index in [1.807, 2.05) is 0 Å². The first-order chi connectivity index (χ1) is 6.71. The maximum atomic E-state index is 12.8. The van der Waals surface area contributed by atoms with E-state index in [1.165, 1.54) is 0 Å². The van der Waals surface area contributed by atoms with Gasteiger partial charge in [0.05, 0.1) is 0 Å². The van der Waals surface area contributed by atoms with Crippen molar-refractivity contribution in [1.82, 2.24) is 4.41 Å². The molecule has 1 fully saturated rings. The van der Waals surface area contributed by atoms with Crippen molar-refractivity contribution in [3.8, 4) is 0 Å². The van der Waals surface area contributed by atoms with Crippen molar-refractivity contribution < 1.29 is 17.2 Å². The van der Waals surface area contributed by atoms with Gasteiger partial charge in [0.2, 0.25) is 5.92 Å². The molecule has 0 heterocycles. The summed E-state index contributed by atoms with van der Waals surface area (Å²) in [5, 5.41) is 4.77. The number of hydrazine groups is 1. The standard InChI is InChI=1S/C7H15F2N3O2S/c8-7(9)3-1-6(2-4-7)5-12(10)15(11,13)14/h6H,1-5,10H2,(H2,11,13,14). The molecule has 0 aromatic rings. The summed E-state index contributed by atoms with van der Waals surface area (Å²) >= 11 is 0. The van der Waals surface area contributed by atoms with Gasteiger partial charge in [-0.25, -0.2) is 13.9 Å². The Bertz CT molecular complexity index is 310. The molecule has 1 saturated carbocycles. The minimum absolute atomic E-state index is 0.00884. The zero-order valence-corrected chi connectivity index (χ0v) is 9.01. The van der Waals surface area contributed by atoms with Gasteiger partial charge >= 0.3 is 0 Å². The van der Waals surface area contributed by atoms with Gasteiger partial charge in [0.1, 0.15) is 0 Å². The van der Waals surface area contributed by atoms with Crippen LogP contribution < -0.4 is 11.0 Å². The molecule has 0 bridgehead atoms. The van der Waals surface area contributed by atoms with Gasteiger partial charge in [-0.1, -0.05) is 0 Å². The molecule has 0 unspecified atom stereocenters. The first-order valence-corrected chi connectivity index (χ1v) is 6.14. The molecule has 1 aliphatic rings. The van der Waals surface area contributed by atoms with E-state index < -0.39 is 16.1 Å². The lowest BCUT2D eigenvalue weighted by Gasteiger charge is -2.29. The zero-order chi connectivity index (χ0) is 11.7. The van der Waals surface area contributed by atoms with E-state index in [0.717, 1.165) is 0 Å². The van der Waals surface area contributed by atoms with Crippen molar-refractivity contribution in [1.29, 1.82) is 0 Å². The van der Waals surface area contributed by atoms with Gasteiger partial charge < -0.3 is 0 Å². The highest BCUT2D eigenvalue weighted by Gasteiger charge is 2.35. The van der Waals surface area contributed by atoms with Gasteiger partial charge in [0.25, 0.3) is 10.2 Å². The predicted molar refractivity (Wildman–Crippen MR) is 50.9 cm³/mol. The molecule has 8 heteroatoms. The number of rotatable bonds is 3. The normalized spacial score (nSPS) is 23.3. The van der Waals surface area contributed by atoms with Crippen LogP contribution in [0.25, 0.3) is 0 Å². The molecule has 1 aliphatic carbocycles. The molecule has 0 aromatic heterocycles. The van der Waals surface area contributed by atoms with Gasteiger partial charge in [-0.15, -0.1) is 4.41 Å². The van der Waals surface area contributed by atoms with Crippen LogP contribution in [0.1, 0.15) is 25.7 Å². The Kier molecular flexibility index (Phi) is 3.64. The molecule has 0 saturated heterocycles. The molecule has 0 radical (unpaired) electrons. The van der Waals surface area contributed by atoms with Crippen LogP contribution in [0.3, 0.4) is 0 Å². The molecule has 1 rings (SSSR count). The Labute approximate surface area is 87.6 Å². The van der Waals surface area contributed by atoms with Crippen LogP contribution in [-0.4, -0.2) is 25.3 Å². The highest BCUT2D eigenvalue weighted by Crippen LogP contribution is 2.36. The van der Waals surface area contributed by atoms with Crippen molar-refractivity contribution in [2.45, 2.75) is 31.6 Å². The Morgan fingerprint density at radius 1 is 1.33 bits per heavy atom. The molecule has 15 heavy (non-hydrogen) atoms. The molecule has 90 valence electrons. The van der Waals surface area contributed by atoms with Crippen molar-refractivity contribution in [2.24, 2.45) is 16.9 Å². The Balaban J connectivity index is 2.43. The van der Waals surface area contributed by atoms with Crippen molar-refractivity contribution in [3.63, 3.8) is 0 Å². The van der Waals surface area contributed by atoms with Crippen molar-refractivity contribution >= 4 is 10.2 Å². The largest absolute Gasteiger partial charge is 0.289 e. The average Bonchev–Trinajstić information content (AvgIpc) is 2.07. The number of hydrogen-bond donors (Lipinski definition) is 2. The summed E-state index contributed by atoms with van der Waals surface area (Å²) < 4.78 is 47.6. The molecular weight excluding hydrogens is 228 g/mol. The third kappa shape index (κ3) is 3.98. The highest BCUT2D eigenvalue weighted by molar-refractivity contribution is 7.86. The molecular formula is C7H15F2N3O2S. The molecule has 0 amide bonds. The smallest absolute Gasteiger partial charge is 0.254 e. The van der Waals surface area contributed by atoms with E-state index in [2.05, 4.69) is 0 Å². The third-order valence-electron chi connectivity index (χ3n) is 2.60. The fraction of sp³-hybridized carbons (Fsp3) is 1.00. The maximum Gasteiger partial charge on any atom is 0.289 e. The van der Waals surface area contributed by atoms with Crippen LogP contribution in [0.5, 0.6) is 0 Å². The quantitative estimate of drug-likeness (QED) is 0.547. The molecule has 4 N–H and O–H groups in total. The number of nitrogens with zero attached hydrogens (tertiary/aromatic N) is 1. The number of hydrogen-bond acceptors (Lipinski definition) is 3. The van der Waals surface area contributed by atoms with E-state index in [4.69, 9.17) is 11.0 Å². The first kappa shape index (κ1) is 12.8. The second-order valence-electron chi connectivity index (χ2n) is 3.91. The molecule has 0 aliphatic heterocycles. The summed E-state index contributed by atoms with van der Waals surface area (Å²) in [7, 11) is -3.91. The molecule has 0 spiro atoms. The number of nitrogens with two attached hydrogens (primary N) is 2. The van der Waals surface area contributed by atoms with Gasteiger partial charge in [0.15, 0.2) is 0 Å². The SMILES string of the molecule is NN(CC1CCC(F)(F)CC1)S(N)(=O)=O. The Morgan fingerprint density at radius 2 is 1.80 bits per heavy atom. The van der Waals surface area contributed by atoms with E-state index in [9.17, 15) is 17.2 Å². The Morgan fingerprint density at radius 3 is 2.20 bits per heavy atom. The van der Waals surface area contributed by atoms with E-state index in [-0.39, 0.29) is 38.1 Å². The average molecular weight is 243 g/mol. The second-order valence-corrected chi connectivity index (χ2v) is 5.41. The Hall–Kier alpha value is -0.310. The van der Waals surface area contributed by atoms with Gasteiger partial charge in [-0.05, 0) is 18.8 Å². The van der Waals surface area contributed by atoms with Crippen LogP contribution in [0.15, 0.2) is 0 Å². The topological polar surface area (TPSA) is 89.4 Å². The third-order valence-corrected chi connectivity index (χ3v) is 3.40. The lowest BCUT2D eigenvalue weighted by atomic mass is 9.87. The summed E-state index contributed by atoms with van der Waals surface area (Å²) in [6, 6.07) is 0. The van der Waals surface area contributed by atoms with E-state index in [0.29, 0.717) is 4.41 Å². The fourth-order valence-corrected chi connectivity index (χ4v) is 2.06. The summed E-state index contributed by atoms with van der Waals surface area (Å²) in [5.41, 5.74) is 0. The first-order valence-electron chi connectivity index (χ1n) is 4.64. The van der Waals surface area contributed by atoms with Crippen LogP contribution in [0, 0.1) is 5.92 Å². The lowest BCUT2D eigenvalue weighted by Crippen LogP contribution is -2.45. The minimum Gasteiger partial charge on any atom is -0.254 e. The summed E-state index contributed by atoms with van der Waals surface area (Å²) in [6.07, 6.45) is 0.124. The number of halogens is 2. The van der Waals surface area contributed by atoms with Gasteiger partial charge in [-0.3, -0.25) is 5.84 Å². The monoisotopic (exact) mass is 243 g/mol. The van der Waals surface area contributed by atoms with Crippen molar-refractivity contribution in [3.05, 3.63) is 0 Å². The summed E-state index contributed by atoms with van der Waals surface area (Å²) in [6.45, 7) is 0.00884. The van der Waals surface area contributed by atoms with Crippen molar-refractivity contribution in [2.75, 3.05) is 6.54 Å². The van der Waals surface area contributed by atoms with Gasteiger partial charge in [-0.2, -0.15) is 8.42 Å². The summed E-state index contributed by atoms with van der Waals surface area (Å²) in [5.74, 6) is 2.44. The van der Waals surface area contributed by atoms with Crippen LogP contribution in [0.4, 0.5) is 8.78 Å². The van der Waals surface area contributed by atoms with Gasteiger partial charge in [0, 0.05) is 19.4 Å². The summed E-state index contributed by atoms with van der Waals surface area (Å²) in [4.78, 5) is 0. The highest BCUT2D eigenvalue weighted by atomic mass is 32.2. The van der Waals surface area contributed by atoms with Crippen LogP contribution >= 0.6 is 0 Å². The predicted octanol–water partition coefficient (Wildman–Crippen LogP) is 0.191. The van der Waals surface area contributed by atoms with E-state index >= 15 is 0 Å². The number of alkyl halides is 2. The van der Waals surface area contributed by atoms with E-state index in [1.54, 1.807) is 0 Å². The van der Waals surface area contributed by atoms with Crippen LogP contribution in [0.2, 0.25) is 0 Å². The molecule has 0 atom stereocenters. The molecule has 0 aromatic carbocycles. The maximum absolute atomic E-state index is 12.8. The second kappa shape index (κ2) is 4.28. The van der Waals surface area contributed by atoms with Crippen LogP contribution in [-0.2, 0) is 10.2 Å².